The second-order valence-electron chi connectivity index (χ2n) is 6.01. The molecule has 3 rings (SSSR count). The summed E-state index contributed by atoms with van der Waals surface area (Å²) >= 11 is 0. The number of carbonyl (C=O) groups is 1. The van der Waals surface area contributed by atoms with Gasteiger partial charge in [0, 0.05) is 12.4 Å². The molecular weight excluding hydrogens is 406 g/mol. The second-order valence-corrected chi connectivity index (χ2v) is 7.69. The second kappa shape index (κ2) is 9.66. The first-order valence-electron chi connectivity index (χ1n) is 8.84. The van der Waals surface area contributed by atoms with E-state index in [2.05, 4.69) is 19.4 Å². The molecule has 8 nitrogen and oxygen atoms in total. The molecule has 0 unspecified atom stereocenters. The van der Waals surface area contributed by atoms with Crippen molar-refractivity contribution in [2.45, 2.75) is 4.90 Å². The van der Waals surface area contributed by atoms with Gasteiger partial charge in [-0.25, -0.2) is 18.2 Å². The van der Waals surface area contributed by atoms with E-state index in [0.29, 0.717) is 11.4 Å². The first kappa shape index (κ1) is 21.0. The van der Waals surface area contributed by atoms with Gasteiger partial charge in [-0.05, 0) is 66.2 Å². The maximum Gasteiger partial charge on any atom is 0.343 e. The zero-order valence-electron chi connectivity index (χ0n) is 16.1. The number of hydrogen-bond acceptors (Lipinski definition) is 7. The number of carbonyl (C=O) groups excluding carboxylic acids is 1. The summed E-state index contributed by atoms with van der Waals surface area (Å²) in [6.45, 7) is -0.158. The van der Waals surface area contributed by atoms with Crippen LogP contribution in [0.3, 0.4) is 0 Å². The zero-order chi connectivity index (χ0) is 21.4. The van der Waals surface area contributed by atoms with Crippen LogP contribution in [0.2, 0.25) is 0 Å². The first-order chi connectivity index (χ1) is 14.5. The number of rotatable bonds is 8. The van der Waals surface area contributed by atoms with Gasteiger partial charge in [-0.2, -0.15) is 0 Å². The molecule has 0 fully saturated rings. The molecule has 154 valence electrons. The molecule has 0 bridgehead atoms. The van der Waals surface area contributed by atoms with Gasteiger partial charge in [0.1, 0.15) is 11.6 Å². The molecule has 0 aliphatic rings. The Morgan fingerprint density at radius 1 is 1.07 bits per heavy atom. The average molecular weight is 425 g/mol. The number of ether oxygens (including phenoxy) is 2. The number of nitrogens with zero attached hydrogens (tertiary/aromatic N) is 2. The number of benzene rings is 2. The Labute approximate surface area is 174 Å². The summed E-state index contributed by atoms with van der Waals surface area (Å²) in [6, 6.07) is 18.1. The standard InChI is InChI=1S/C21H19N3O5S/c1-28-21(25)15-29-18-9-5-16(6-10-18)14-23-17-7-11-19(12-8-17)30(26,27)24-20-4-2-3-13-22-20/h2-14H,15H2,1H3,(H,22,24). The third-order valence-corrected chi connectivity index (χ3v) is 5.25. The van der Waals surface area contributed by atoms with Crippen LogP contribution in [0, 0.1) is 0 Å². The fraction of sp³-hybridized carbons (Fsp3) is 0.0952. The number of sulfonamides is 1. The van der Waals surface area contributed by atoms with E-state index in [1.807, 2.05) is 0 Å². The summed E-state index contributed by atoms with van der Waals surface area (Å²) in [4.78, 5) is 19.5. The Morgan fingerprint density at radius 3 is 2.43 bits per heavy atom. The topological polar surface area (TPSA) is 107 Å². The largest absolute Gasteiger partial charge is 0.482 e. The monoisotopic (exact) mass is 425 g/mol. The maximum absolute atomic E-state index is 12.4. The van der Waals surface area contributed by atoms with Gasteiger partial charge in [-0.15, -0.1) is 0 Å². The van der Waals surface area contributed by atoms with Crippen molar-refractivity contribution in [2.24, 2.45) is 4.99 Å². The van der Waals surface area contributed by atoms with Crippen molar-refractivity contribution < 1.29 is 22.7 Å². The van der Waals surface area contributed by atoms with Gasteiger partial charge >= 0.3 is 5.97 Å². The van der Waals surface area contributed by atoms with Gasteiger partial charge in [0.25, 0.3) is 10.0 Å². The SMILES string of the molecule is COC(=O)COc1ccc(C=Nc2ccc(S(=O)(=O)Nc3ccccn3)cc2)cc1. The molecule has 1 heterocycles. The molecule has 9 heteroatoms. The predicted molar refractivity (Wildman–Crippen MR) is 113 cm³/mol. The Kier molecular flexibility index (Phi) is 6.76. The van der Waals surface area contributed by atoms with Crippen molar-refractivity contribution in [2.75, 3.05) is 18.4 Å². The number of aromatic nitrogens is 1. The van der Waals surface area contributed by atoms with Crippen molar-refractivity contribution in [1.29, 1.82) is 0 Å². The van der Waals surface area contributed by atoms with Crippen LogP contribution in [0.25, 0.3) is 0 Å². The van der Waals surface area contributed by atoms with Crippen LogP contribution in [0.4, 0.5) is 11.5 Å². The van der Waals surface area contributed by atoms with Gasteiger partial charge in [-0.1, -0.05) is 6.07 Å². The molecule has 0 amide bonds. The fourth-order valence-corrected chi connectivity index (χ4v) is 3.34. The van der Waals surface area contributed by atoms with Crippen LogP contribution in [0.1, 0.15) is 5.56 Å². The van der Waals surface area contributed by atoms with Crippen molar-refractivity contribution >= 4 is 33.7 Å². The molecule has 0 atom stereocenters. The zero-order valence-corrected chi connectivity index (χ0v) is 16.9. The van der Waals surface area contributed by atoms with Crippen LogP contribution >= 0.6 is 0 Å². The summed E-state index contributed by atoms with van der Waals surface area (Å²) in [6.07, 6.45) is 3.15. The van der Waals surface area contributed by atoms with E-state index < -0.39 is 16.0 Å². The van der Waals surface area contributed by atoms with E-state index in [1.54, 1.807) is 60.8 Å². The van der Waals surface area contributed by atoms with Crippen molar-refractivity contribution in [3.63, 3.8) is 0 Å². The van der Waals surface area contributed by atoms with Crippen molar-refractivity contribution in [3.8, 4) is 5.75 Å². The van der Waals surface area contributed by atoms with Crippen LogP contribution in [0.5, 0.6) is 5.75 Å². The van der Waals surface area contributed by atoms with E-state index in [-0.39, 0.29) is 17.3 Å². The van der Waals surface area contributed by atoms with Gasteiger partial charge in [0.05, 0.1) is 17.7 Å². The summed E-state index contributed by atoms with van der Waals surface area (Å²) < 4.78 is 37.0. The number of aliphatic imine (C=N–C) groups is 1. The van der Waals surface area contributed by atoms with Crippen LogP contribution in [-0.4, -0.2) is 39.3 Å². The lowest BCUT2D eigenvalue weighted by atomic mass is 10.2. The third kappa shape index (κ3) is 5.89. The molecule has 2 aromatic carbocycles. The number of anilines is 1. The van der Waals surface area contributed by atoms with E-state index >= 15 is 0 Å². The molecule has 0 spiro atoms. The van der Waals surface area contributed by atoms with Crippen molar-refractivity contribution in [3.05, 3.63) is 78.5 Å². The molecular formula is C21H19N3O5S. The molecule has 0 radical (unpaired) electrons. The summed E-state index contributed by atoms with van der Waals surface area (Å²) in [5, 5.41) is 0. The number of hydrogen-bond donors (Lipinski definition) is 1. The number of esters is 1. The van der Waals surface area contributed by atoms with Gasteiger partial charge in [0.2, 0.25) is 0 Å². The minimum Gasteiger partial charge on any atom is -0.482 e. The molecule has 30 heavy (non-hydrogen) atoms. The highest BCUT2D eigenvalue weighted by molar-refractivity contribution is 7.92. The average Bonchev–Trinajstić information content (AvgIpc) is 2.77. The first-order valence-corrected chi connectivity index (χ1v) is 10.3. The van der Waals surface area contributed by atoms with Crippen molar-refractivity contribution in [1.82, 2.24) is 4.98 Å². The number of pyridine rings is 1. The minimum absolute atomic E-state index is 0.110. The summed E-state index contributed by atoms with van der Waals surface area (Å²) in [5.74, 6) is 0.326. The molecule has 0 aliphatic heterocycles. The van der Waals surface area contributed by atoms with Gasteiger partial charge < -0.3 is 9.47 Å². The van der Waals surface area contributed by atoms with E-state index in [0.717, 1.165) is 5.56 Å². The molecule has 0 saturated heterocycles. The Bertz CT molecular complexity index is 1110. The van der Waals surface area contributed by atoms with Gasteiger partial charge in [0.15, 0.2) is 6.61 Å². The van der Waals surface area contributed by atoms with E-state index in [9.17, 15) is 13.2 Å². The highest BCUT2D eigenvalue weighted by Crippen LogP contribution is 2.19. The highest BCUT2D eigenvalue weighted by atomic mass is 32.2. The Hall–Kier alpha value is -3.72. The van der Waals surface area contributed by atoms with Crippen LogP contribution in [-0.2, 0) is 19.6 Å². The molecule has 0 saturated carbocycles. The van der Waals surface area contributed by atoms with Crippen LogP contribution < -0.4 is 9.46 Å². The van der Waals surface area contributed by atoms with E-state index in [1.165, 1.54) is 25.4 Å². The molecule has 1 N–H and O–H groups in total. The number of methoxy groups -OCH3 is 1. The lowest BCUT2D eigenvalue weighted by molar-refractivity contribution is -0.142. The Morgan fingerprint density at radius 2 is 1.80 bits per heavy atom. The number of nitrogens with one attached hydrogen (secondary N) is 1. The minimum atomic E-state index is -3.73. The van der Waals surface area contributed by atoms with E-state index in [4.69, 9.17) is 4.74 Å². The molecule has 0 aliphatic carbocycles. The highest BCUT2D eigenvalue weighted by Gasteiger charge is 2.14. The summed E-state index contributed by atoms with van der Waals surface area (Å²) in [7, 11) is -2.43. The quantitative estimate of drug-likeness (QED) is 0.439. The normalized spacial score (nSPS) is 11.2. The maximum atomic E-state index is 12.4. The van der Waals surface area contributed by atoms with Crippen LogP contribution in [0.15, 0.2) is 82.8 Å². The predicted octanol–water partition coefficient (Wildman–Crippen LogP) is 3.18. The third-order valence-electron chi connectivity index (χ3n) is 3.88. The smallest absolute Gasteiger partial charge is 0.343 e. The summed E-state index contributed by atoms with van der Waals surface area (Å²) in [5.41, 5.74) is 1.41. The molecule has 3 aromatic rings. The fourth-order valence-electron chi connectivity index (χ4n) is 2.33. The molecule has 1 aromatic heterocycles. The Balaban J connectivity index is 1.62. The lowest BCUT2D eigenvalue weighted by Crippen LogP contribution is -2.13. The lowest BCUT2D eigenvalue weighted by Gasteiger charge is -2.07. The van der Waals surface area contributed by atoms with Gasteiger partial charge in [-0.3, -0.25) is 9.71 Å².